The molecule has 0 spiro atoms. The predicted octanol–water partition coefficient (Wildman–Crippen LogP) is 0.629. The number of aromatic amines is 1. The fraction of sp³-hybridized carbons (Fsp3) is 0.529. The van der Waals surface area contributed by atoms with Crippen LogP contribution in [0, 0.1) is 0 Å². The molecule has 8 nitrogen and oxygen atoms in total. The summed E-state index contributed by atoms with van der Waals surface area (Å²) in [5.41, 5.74) is 1.58. The lowest BCUT2D eigenvalue weighted by atomic mass is 10.2. The smallest absolute Gasteiger partial charge is 0.271 e. The molecule has 3 heterocycles. The highest BCUT2D eigenvalue weighted by Crippen LogP contribution is 2.38. The number of H-pyrrole nitrogens is 1. The first kappa shape index (κ1) is 16.0. The fourth-order valence-electron chi connectivity index (χ4n) is 3.10. The number of hydrogen-bond acceptors (Lipinski definition) is 6. The van der Waals surface area contributed by atoms with E-state index in [-0.39, 0.29) is 5.91 Å². The minimum Gasteiger partial charge on any atom is -0.349 e. The zero-order chi connectivity index (χ0) is 17.1. The van der Waals surface area contributed by atoms with Crippen molar-refractivity contribution in [3.63, 3.8) is 0 Å². The van der Waals surface area contributed by atoms with Gasteiger partial charge in [-0.3, -0.25) is 14.8 Å². The highest BCUT2D eigenvalue weighted by molar-refractivity contribution is 5.92. The Kier molecular flexibility index (Phi) is 4.60. The Hall–Kier alpha value is -2.48. The van der Waals surface area contributed by atoms with E-state index in [9.17, 15) is 4.79 Å². The quantitative estimate of drug-likeness (QED) is 0.801. The van der Waals surface area contributed by atoms with Crippen LogP contribution in [0.5, 0.6) is 0 Å². The van der Waals surface area contributed by atoms with Crippen molar-refractivity contribution < 1.29 is 4.79 Å². The summed E-state index contributed by atoms with van der Waals surface area (Å²) in [7, 11) is 0. The van der Waals surface area contributed by atoms with Crippen LogP contribution in [0.25, 0.3) is 0 Å². The fourth-order valence-corrected chi connectivity index (χ4v) is 3.10. The molecule has 1 saturated carbocycles. The molecule has 1 aliphatic heterocycles. The Labute approximate surface area is 146 Å². The van der Waals surface area contributed by atoms with E-state index in [1.54, 1.807) is 12.4 Å². The molecular formula is C17H23N7O. The molecule has 0 unspecified atom stereocenters. The van der Waals surface area contributed by atoms with Crippen molar-refractivity contribution in [3.05, 3.63) is 35.9 Å². The van der Waals surface area contributed by atoms with E-state index in [1.165, 1.54) is 12.8 Å². The maximum atomic E-state index is 12.1. The minimum atomic E-state index is -0.0977. The number of carbonyl (C=O) groups excluding carboxylic acids is 1. The third-order valence-corrected chi connectivity index (χ3v) is 4.77. The van der Waals surface area contributed by atoms with E-state index in [2.05, 4.69) is 35.3 Å². The zero-order valence-corrected chi connectivity index (χ0v) is 14.2. The topological polar surface area (TPSA) is 90.0 Å². The standard InChI is InChI=1S/C17H23N7O/c25-16(15-12-14(21-22-15)13-2-3-13)18-6-7-23-8-10-24(11-9-23)17-19-4-1-5-20-17/h1,4-5,12-13H,2-3,6-11H2,(H,18,25)(H,21,22). The van der Waals surface area contributed by atoms with Crippen LogP contribution in [0.4, 0.5) is 5.95 Å². The second-order valence-electron chi connectivity index (χ2n) is 6.62. The molecule has 25 heavy (non-hydrogen) atoms. The number of piperazine rings is 1. The summed E-state index contributed by atoms with van der Waals surface area (Å²) in [5, 5.41) is 10.0. The van der Waals surface area contributed by atoms with E-state index in [0.29, 0.717) is 18.2 Å². The van der Waals surface area contributed by atoms with E-state index >= 15 is 0 Å². The van der Waals surface area contributed by atoms with Gasteiger partial charge in [0.15, 0.2) is 0 Å². The molecule has 1 aliphatic carbocycles. The van der Waals surface area contributed by atoms with Gasteiger partial charge in [-0.25, -0.2) is 9.97 Å². The second-order valence-corrected chi connectivity index (χ2v) is 6.62. The average molecular weight is 341 g/mol. The van der Waals surface area contributed by atoms with E-state index in [4.69, 9.17) is 0 Å². The molecule has 2 aliphatic rings. The molecule has 0 bridgehead atoms. The first-order chi connectivity index (χ1) is 12.3. The van der Waals surface area contributed by atoms with E-state index in [1.807, 2.05) is 12.1 Å². The molecule has 2 N–H and O–H groups in total. The lowest BCUT2D eigenvalue weighted by molar-refractivity contribution is 0.0942. The molecule has 0 aromatic carbocycles. The molecule has 4 rings (SSSR count). The van der Waals surface area contributed by atoms with Crippen molar-refractivity contribution in [3.8, 4) is 0 Å². The summed E-state index contributed by atoms with van der Waals surface area (Å²) in [6, 6.07) is 3.71. The number of amides is 1. The van der Waals surface area contributed by atoms with Crippen LogP contribution in [-0.2, 0) is 0 Å². The van der Waals surface area contributed by atoms with Crippen LogP contribution in [0.3, 0.4) is 0 Å². The number of nitrogens with one attached hydrogen (secondary N) is 2. The van der Waals surface area contributed by atoms with Gasteiger partial charge < -0.3 is 10.2 Å². The highest BCUT2D eigenvalue weighted by atomic mass is 16.1. The lowest BCUT2D eigenvalue weighted by Gasteiger charge is -2.34. The summed E-state index contributed by atoms with van der Waals surface area (Å²) in [5.74, 6) is 1.28. The van der Waals surface area contributed by atoms with Crippen LogP contribution in [-0.4, -0.2) is 70.2 Å². The summed E-state index contributed by atoms with van der Waals surface area (Å²) >= 11 is 0. The number of carbonyl (C=O) groups is 1. The molecule has 132 valence electrons. The molecular weight excluding hydrogens is 318 g/mol. The average Bonchev–Trinajstić information content (AvgIpc) is 3.39. The van der Waals surface area contributed by atoms with Gasteiger partial charge in [-0.05, 0) is 25.0 Å². The minimum absolute atomic E-state index is 0.0977. The van der Waals surface area contributed by atoms with Crippen LogP contribution >= 0.6 is 0 Å². The maximum Gasteiger partial charge on any atom is 0.271 e. The van der Waals surface area contributed by atoms with Crippen molar-refractivity contribution in [2.24, 2.45) is 0 Å². The normalized spacial score (nSPS) is 18.3. The van der Waals surface area contributed by atoms with E-state index < -0.39 is 0 Å². The van der Waals surface area contributed by atoms with Gasteiger partial charge in [-0.2, -0.15) is 5.10 Å². The maximum absolute atomic E-state index is 12.1. The van der Waals surface area contributed by atoms with Crippen LogP contribution < -0.4 is 10.2 Å². The number of nitrogens with zero attached hydrogens (tertiary/aromatic N) is 5. The van der Waals surface area contributed by atoms with Crippen LogP contribution in [0.15, 0.2) is 24.5 Å². The number of hydrogen-bond donors (Lipinski definition) is 2. The van der Waals surface area contributed by atoms with Crippen molar-refractivity contribution in [1.29, 1.82) is 0 Å². The second kappa shape index (κ2) is 7.18. The molecule has 2 aromatic heterocycles. The first-order valence-electron chi connectivity index (χ1n) is 8.87. The van der Waals surface area contributed by atoms with E-state index in [0.717, 1.165) is 44.4 Å². The Bertz CT molecular complexity index is 705. The van der Waals surface area contributed by atoms with Gasteiger partial charge in [0.2, 0.25) is 5.95 Å². The van der Waals surface area contributed by atoms with Gasteiger partial charge in [0, 0.05) is 63.3 Å². The van der Waals surface area contributed by atoms with Crippen molar-refractivity contribution in [2.75, 3.05) is 44.2 Å². The summed E-state index contributed by atoms with van der Waals surface area (Å²) in [4.78, 5) is 25.3. The molecule has 2 aromatic rings. The number of aromatic nitrogens is 4. The summed E-state index contributed by atoms with van der Waals surface area (Å²) in [6.45, 7) is 5.18. The highest BCUT2D eigenvalue weighted by Gasteiger charge is 2.26. The van der Waals surface area contributed by atoms with Gasteiger partial charge >= 0.3 is 0 Å². The lowest BCUT2D eigenvalue weighted by Crippen LogP contribution is -2.49. The molecule has 0 radical (unpaired) electrons. The molecule has 8 heteroatoms. The molecule has 2 fully saturated rings. The van der Waals surface area contributed by atoms with Gasteiger partial charge in [0.1, 0.15) is 5.69 Å². The SMILES string of the molecule is O=C(NCCN1CCN(c2ncccn2)CC1)c1cc(C2CC2)[nH]n1. The number of rotatable bonds is 6. The third-order valence-electron chi connectivity index (χ3n) is 4.77. The monoisotopic (exact) mass is 341 g/mol. The van der Waals surface area contributed by atoms with Gasteiger partial charge in [0.05, 0.1) is 0 Å². The van der Waals surface area contributed by atoms with Gasteiger partial charge in [0.25, 0.3) is 5.91 Å². The Morgan fingerprint density at radius 1 is 1.20 bits per heavy atom. The summed E-state index contributed by atoms with van der Waals surface area (Å²) < 4.78 is 0. The number of anilines is 1. The van der Waals surface area contributed by atoms with Crippen LogP contribution in [0.1, 0.15) is 34.9 Å². The van der Waals surface area contributed by atoms with Gasteiger partial charge in [-0.1, -0.05) is 0 Å². The summed E-state index contributed by atoms with van der Waals surface area (Å²) in [6.07, 6.45) is 5.94. The largest absolute Gasteiger partial charge is 0.349 e. The molecule has 1 saturated heterocycles. The Morgan fingerprint density at radius 3 is 2.68 bits per heavy atom. The molecule has 1 amide bonds. The third kappa shape index (κ3) is 3.96. The zero-order valence-electron chi connectivity index (χ0n) is 14.2. The molecule has 0 atom stereocenters. The van der Waals surface area contributed by atoms with Gasteiger partial charge in [-0.15, -0.1) is 0 Å². The van der Waals surface area contributed by atoms with Crippen LogP contribution in [0.2, 0.25) is 0 Å². The van der Waals surface area contributed by atoms with Crippen molar-refractivity contribution >= 4 is 11.9 Å². The predicted molar refractivity (Wildman–Crippen MR) is 93.6 cm³/mol. The van der Waals surface area contributed by atoms with Crippen molar-refractivity contribution in [2.45, 2.75) is 18.8 Å². The van der Waals surface area contributed by atoms with Crippen molar-refractivity contribution in [1.82, 2.24) is 30.4 Å². The Balaban J connectivity index is 1.18. The first-order valence-corrected chi connectivity index (χ1v) is 8.87. The Morgan fingerprint density at radius 2 is 1.96 bits per heavy atom.